The molecule has 43 heavy (non-hydrogen) atoms. The van der Waals surface area contributed by atoms with Gasteiger partial charge in [-0.15, -0.1) is 0 Å². The first-order valence-electron chi connectivity index (χ1n) is 13.7. The van der Waals surface area contributed by atoms with Crippen molar-refractivity contribution in [2.45, 2.75) is 24.7 Å². The molecule has 3 N–H and O–H groups in total. The van der Waals surface area contributed by atoms with Gasteiger partial charge in [0.05, 0.1) is 48.7 Å². The number of anilines is 2. The smallest absolute Gasteiger partial charge is 0.355 e. The van der Waals surface area contributed by atoms with E-state index in [0.29, 0.717) is 35.5 Å². The summed E-state index contributed by atoms with van der Waals surface area (Å²) in [6, 6.07) is 27.8. The standard InChI is InChI=1S/C34H30N4O5/c1-42-33(40)30-29(22-13-7-4-8-14-22)26(20-35)32(36)38(31(30)34(41)43-2)28-16-10-9-15-27(28)37-24-17-23(18-25(39)19-24)21-11-5-3-6-12-21/h3-16,19,23,29,37H,17-18,36H2,1-2H3. The van der Waals surface area contributed by atoms with Gasteiger partial charge >= 0.3 is 11.9 Å². The Kier molecular flexibility index (Phi) is 8.39. The molecule has 9 nitrogen and oxygen atoms in total. The first kappa shape index (κ1) is 28.9. The van der Waals surface area contributed by atoms with Crippen molar-refractivity contribution >= 4 is 29.1 Å². The molecule has 0 bridgehead atoms. The van der Waals surface area contributed by atoms with Crippen LogP contribution in [0, 0.1) is 11.3 Å². The third-order valence-corrected chi connectivity index (χ3v) is 7.57. The molecular weight excluding hydrogens is 544 g/mol. The number of ketones is 1. The predicted octanol–water partition coefficient (Wildman–Crippen LogP) is 5.03. The summed E-state index contributed by atoms with van der Waals surface area (Å²) in [5, 5.41) is 13.7. The van der Waals surface area contributed by atoms with Crippen LogP contribution in [0.1, 0.15) is 35.8 Å². The summed E-state index contributed by atoms with van der Waals surface area (Å²) in [4.78, 5) is 41.0. The fraction of sp³-hybridized carbons (Fsp3) is 0.176. The number of ether oxygens (including phenoxy) is 2. The first-order chi connectivity index (χ1) is 20.9. The lowest BCUT2D eigenvalue weighted by Gasteiger charge is -2.37. The Hall–Kier alpha value is -5.62. The van der Waals surface area contributed by atoms with E-state index in [4.69, 9.17) is 15.2 Å². The van der Waals surface area contributed by atoms with Gasteiger partial charge in [-0.3, -0.25) is 9.69 Å². The highest BCUT2D eigenvalue weighted by atomic mass is 16.5. The van der Waals surface area contributed by atoms with Gasteiger partial charge in [-0.2, -0.15) is 5.26 Å². The average molecular weight is 575 g/mol. The molecule has 0 saturated heterocycles. The van der Waals surface area contributed by atoms with Crippen LogP contribution < -0.4 is 16.0 Å². The fourth-order valence-corrected chi connectivity index (χ4v) is 5.65. The van der Waals surface area contributed by atoms with Gasteiger partial charge in [0.2, 0.25) is 0 Å². The molecule has 5 rings (SSSR count). The van der Waals surface area contributed by atoms with Crippen molar-refractivity contribution in [3.05, 3.63) is 130 Å². The van der Waals surface area contributed by atoms with Gasteiger partial charge in [0.1, 0.15) is 11.5 Å². The molecule has 0 amide bonds. The molecule has 0 saturated carbocycles. The zero-order valence-electron chi connectivity index (χ0n) is 23.7. The number of nitrogens with zero attached hydrogens (tertiary/aromatic N) is 2. The van der Waals surface area contributed by atoms with E-state index in [0.717, 1.165) is 5.56 Å². The third kappa shape index (κ3) is 5.63. The summed E-state index contributed by atoms with van der Waals surface area (Å²) >= 11 is 0. The van der Waals surface area contributed by atoms with Gasteiger partial charge in [0.25, 0.3) is 0 Å². The minimum atomic E-state index is -0.977. The van der Waals surface area contributed by atoms with Crippen molar-refractivity contribution < 1.29 is 23.9 Å². The number of nitrogens with two attached hydrogens (primary N) is 1. The lowest BCUT2D eigenvalue weighted by atomic mass is 9.81. The molecule has 0 radical (unpaired) electrons. The molecule has 2 aliphatic rings. The number of hydrogen-bond donors (Lipinski definition) is 2. The molecular formula is C34H30N4O5. The van der Waals surface area contributed by atoms with Crippen molar-refractivity contribution in [3.63, 3.8) is 0 Å². The topological polar surface area (TPSA) is 135 Å². The minimum Gasteiger partial charge on any atom is -0.466 e. The first-order valence-corrected chi connectivity index (χ1v) is 13.7. The molecule has 2 unspecified atom stereocenters. The molecule has 1 aliphatic carbocycles. The number of methoxy groups -OCH3 is 2. The van der Waals surface area contributed by atoms with E-state index in [-0.39, 0.29) is 34.4 Å². The second-order valence-corrected chi connectivity index (χ2v) is 10.1. The van der Waals surface area contributed by atoms with Gasteiger partial charge in [-0.05, 0) is 35.6 Å². The maximum atomic E-state index is 13.5. The van der Waals surface area contributed by atoms with E-state index < -0.39 is 17.9 Å². The van der Waals surface area contributed by atoms with Crippen LogP contribution in [0.4, 0.5) is 11.4 Å². The number of carbonyl (C=O) groups is 3. The Morgan fingerprint density at radius 2 is 1.49 bits per heavy atom. The number of carbonyl (C=O) groups excluding carboxylic acids is 3. The highest BCUT2D eigenvalue weighted by Crippen LogP contribution is 2.45. The van der Waals surface area contributed by atoms with Crippen molar-refractivity contribution in [2.24, 2.45) is 5.73 Å². The molecule has 0 aromatic heterocycles. The number of rotatable bonds is 7. The lowest BCUT2D eigenvalue weighted by Crippen LogP contribution is -2.41. The Morgan fingerprint density at radius 1 is 0.884 bits per heavy atom. The average Bonchev–Trinajstić information content (AvgIpc) is 3.04. The summed E-state index contributed by atoms with van der Waals surface area (Å²) in [6.45, 7) is 0. The molecule has 216 valence electrons. The largest absolute Gasteiger partial charge is 0.466 e. The van der Waals surface area contributed by atoms with Gasteiger partial charge in [-0.25, -0.2) is 9.59 Å². The van der Waals surface area contributed by atoms with Crippen molar-refractivity contribution in [1.29, 1.82) is 5.26 Å². The second kappa shape index (κ2) is 12.5. The van der Waals surface area contributed by atoms with E-state index in [9.17, 15) is 19.6 Å². The van der Waals surface area contributed by atoms with Gasteiger partial charge in [0.15, 0.2) is 5.78 Å². The van der Waals surface area contributed by atoms with Crippen LogP contribution in [0.15, 0.2) is 119 Å². The number of allylic oxidation sites excluding steroid dienone is 3. The van der Waals surface area contributed by atoms with Gasteiger partial charge in [0, 0.05) is 18.2 Å². The van der Waals surface area contributed by atoms with Crippen LogP contribution in [0.2, 0.25) is 0 Å². The molecule has 3 aromatic rings. The summed E-state index contributed by atoms with van der Waals surface area (Å²) in [7, 11) is 2.40. The normalized spacial score (nSPS) is 18.5. The van der Waals surface area contributed by atoms with Crippen LogP contribution in [0.25, 0.3) is 0 Å². The van der Waals surface area contributed by atoms with Crippen molar-refractivity contribution in [2.75, 3.05) is 24.4 Å². The lowest BCUT2D eigenvalue weighted by molar-refractivity contribution is -0.139. The van der Waals surface area contributed by atoms with Crippen molar-refractivity contribution in [1.82, 2.24) is 0 Å². The van der Waals surface area contributed by atoms with Gasteiger partial charge < -0.3 is 20.5 Å². The number of benzene rings is 3. The van der Waals surface area contributed by atoms with Crippen LogP contribution >= 0.6 is 0 Å². The van der Waals surface area contributed by atoms with E-state index in [2.05, 4.69) is 11.4 Å². The minimum absolute atomic E-state index is 0.0124. The SMILES string of the molecule is COC(=O)C1=C(C(=O)OC)N(c2ccccc2NC2=CC(=O)CC(c3ccccc3)C2)C(N)=C(C#N)C1c1ccccc1. The zero-order valence-corrected chi connectivity index (χ0v) is 23.7. The van der Waals surface area contributed by atoms with Crippen LogP contribution in [0.3, 0.4) is 0 Å². The molecule has 2 atom stereocenters. The Labute approximate surface area is 249 Å². The summed E-state index contributed by atoms with van der Waals surface area (Å²) in [5.41, 5.74) is 9.68. The number of nitrogens with one attached hydrogen (secondary N) is 1. The Bertz CT molecular complexity index is 1700. The summed E-state index contributed by atoms with van der Waals surface area (Å²) < 4.78 is 10.3. The fourth-order valence-electron chi connectivity index (χ4n) is 5.65. The molecule has 3 aromatic carbocycles. The van der Waals surface area contributed by atoms with Crippen LogP contribution in [-0.4, -0.2) is 31.9 Å². The maximum Gasteiger partial charge on any atom is 0.355 e. The molecule has 1 heterocycles. The summed E-state index contributed by atoms with van der Waals surface area (Å²) in [6.07, 6.45) is 2.54. The second-order valence-electron chi connectivity index (χ2n) is 10.1. The monoisotopic (exact) mass is 574 g/mol. The van der Waals surface area contributed by atoms with E-state index >= 15 is 0 Å². The molecule has 0 fully saturated rings. The summed E-state index contributed by atoms with van der Waals surface area (Å²) in [5.74, 6) is -2.70. The predicted molar refractivity (Wildman–Crippen MR) is 161 cm³/mol. The number of hydrogen-bond acceptors (Lipinski definition) is 9. The van der Waals surface area contributed by atoms with E-state index in [1.54, 1.807) is 60.7 Å². The van der Waals surface area contributed by atoms with Crippen molar-refractivity contribution in [3.8, 4) is 6.07 Å². The number of nitriles is 1. The third-order valence-electron chi connectivity index (χ3n) is 7.57. The molecule has 0 spiro atoms. The van der Waals surface area contributed by atoms with Crippen LogP contribution in [-0.2, 0) is 23.9 Å². The maximum absolute atomic E-state index is 13.5. The van der Waals surface area contributed by atoms with E-state index in [1.807, 2.05) is 30.3 Å². The van der Waals surface area contributed by atoms with E-state index in [1.165, 1.54) is 19.1 Å². The molecule has 9 heteroatoms. The zero-order chi connectivity index (χ0) is 30.5. The highest BCUT2D eigenvalue weighted by Gasteiger charge is 2.43. The number of para-hydroxylation sites is 2. The Balaban J connectivity index is 1.65. The number of esters is 2. The Morgan fingerprint density at radius 3 is 2.12 bits per heavy atom. The van der Waals surface area contributed by atoms with Crippen LogP contribution in [0.5, 0.6) is 0 Å². The highest BCUT2D eigenvalue weighted by molar-refractivity contribution is 6.07. The quantitative estimate of drug-likeness (QED) is 0.373. The molecule has 1 aliphatic heterocycles. The van der Waals surface area contributed by atoms with Gasteiger partial charge in [-0.1, -0.05) is 72.8 Å².